The van der Waals surface area contributed by atoms with E-state index >= 15 is 0 Å². The fraction of sp³-hybridized carbons (Fsp3) is 0.600. The number of allylic oxidation sites excluding steroid dienone is 4. The van der Waals surface area contributed by atoms with Crippen molar-refractivity contribution in [1.29, 1.82) is 0 Å². The van der Waals surface area contributed by atoms with E-state index in [0.29, 0.717) is 5.41 Å². The smallest absolute Gasteiger partial charge is 0.131 e. The van der Waals surface area contributed by atoms with Gasteiger partial charge in [-0.2, -0.15) is 0 Å². The third-order valence-electron chi connectivity index (χ3n) is 7.06. The molecule has 26 heavy (non-hydrogen) atoms. The predicted octanol–water partition coefficient (Wildman–Crippen LogP) is 7.73. The van der Waals surface area contributed by atoms with Gasteiger partial charge in [0.1, 0.15) is 5.82 Å². The van der Waals surface area contributed by atoms with Crippen LogP contribution < -0.4 is 0 Å². The zero-order valence-electron chi connectivity index (χ0n) is 16.9. The van der Waals surface area contributed by atoms with Gasteiger partial charge < -0.3 is 0 Å². The molecule has 2 aliphatic rings. The van der Waals surface area contributed by atoms with Crippen LogP contribution in [-0.4, -0.2) is 0 Å². The van der Waals surface area contributed by atoms with Gasteiger partial charge in [-0.05, 0) is 66.6 Å². The fourth-order valence-electron chi connectivity index (χ4n) is 5.19. The summed E-state index contributed by atoms with van der Waals surface area (Å²) >= 11 is 0. The number of halogens is 1. The van der Waals surface area contributed by atoms with E-state index in [4.69, 9.17) is 0 Å². The average molecular weight is 355 g/mol. The number of hydrogen-bond donors (Lipinski definition) is 0. The molecule has 1 fully saturated rings. The van der Waals surface area contributed by atoms with Crippen LogP contribution in [0.15, 0.2) is 36.4 Å². The van der Waals surface area contributed by atoms with Crippen LogP contribution in [0.2, 0.25) is 0 Å². The Morgan fingerprint density at radius 1 is 1.08 bits per heavy atom. The highest BCUT2D eigenvalue weighted by Crippen LogP contribution is 2.49. The van der Waals surface area contributed by atoms with Crippen LogP contribution in [0.5, 0.6) is 0 Å². The molecule has 0 spiro atoms. The van der Waals surface area contributed by atoms with Crippen molar-refractivity contribution in [2.24, 2.45) is 17.3 Å². The first-order valence-corrected chi connectivity index (χ1v) is 10.8. The van der Waals surface area contributed by atoms with Crippen LogP contribution in [-0.2, 0) is 6.42 Å². The molecule has 1 heteroatoms. The monoisotopic (exact) mass is 354 g/mol. The number of hydrogen-bond acceptors (Lipinski definition) is 0. The zero-order chi connectivity index (χ0) is 18.6. The summed E-state index contributed by atoms with van der Waals surface area (Å²) in [6.07, 6.45) is 18.3. The van der Waals surface area contributed by atoms with E-state index in [9.17, 15) is 4.39 Å². The van der Waals surface area contributed by atoms with Crippen LogP contribution in [0.1, 0.15) is 83.3 Å². The van der Waals surface area contributed by atoms with Gasteiger partial charge in [-0.25, -0.2) is 4.39 Å². The average Bonchev–Trinajstić information content (AvgIpc) is 2.69. The van der Waals surface area contributed by atoms with E-state index in [2.05, 4.69) is 45.1 Å². The summed E-state index contributed by atoms with van der Waals surface area (Å²) in [5, 5.41) is 0. The Balaban J connectivity index is 1.72. The summed E-state index contributed by atoms with van der Waals surface area (Å²) in [6, 6.07) is 5.71. The van der Waals surface area contributed by atoms with Gasteiger partial charge in [0.05, 0.1) is 0 Å². The minimum Gasteiger partial charge on any atom is -0.206 e. The quantitative estimate of drug-likeness (QED) is 0.490. The van der Waals surface area contributed by atoms with Crippen molar-refractivity contribution in [3.63, 3.8) is 0 Å². The molecular formula is C25H35F. The van der Waals surface area contributed by atoms with Gasteiger partial charge in [-0.15, -0.1) is 0 Å². The second kappa shape index (κ2) is 8.55. The molecule has 0 bridgehead atoms. The third kappa shape index (κ3) is 3.97. The van der Waals surface area contributed by atoms with Gasteiger partial charge >= 0.3 is 0 Å². The lowest BCUT2D eigenvalue weighted by Crippen LogP contribution is -2.32. The first-order valence-electron chi connectivity index (χ1n) is 10.8. The standard InChI is InChI=1S/C25H35F/c1-4-7-20-8-11-22(12-9-20)25(6-3)16-14-21(15-17-25)23-13-10-19(5-2)18-24(23)26/h10,13-16,18,20,22H,4-9,11-12,17H2,1-3H3. The normalized spacial score (nSPS) is 28.8. The summed E-state index contributed by atoms with van der Waals surface area (Å²) in [4.78, 5) is 0. The molecule has 0 aromatic heterocycles. The van der Waals surface area contributed by atoms with Crippen molar-refractivity contribution in [2.45, 2.75) is 78.6 Å². The Kier molecular flexibility index (Phi) is 6.37. The first-order chi connectivity index (χ1) is 12.6. The lowest BCUT2D eigenvalue weighted by Gasteiger charge is -2.43. The maximum atomic E-state index is 14.5. The van der Waals surface area contributed by atoms with E-state index in [1.807, 2.05) is 6.07 Å². The van der Waals surface area contributed by atoms with Gasteiger partial charge in [-0.3, -0.25) is 0 Å². The van der Waals surface area contributed by atoms with Gasteiger partial charge in [0.25, 0.3) is 0 Å². The van der Waals surface area contributed by atoms with Gasteiger partial charge in [0, 0.05) is 5.56 Å². The molecule has 1 unspecified atom stereocenters. The number of rotatable bonds is 6. The van der Waals surface area contributed by atoms with Gasteiger partial charge in [-0.1, -0.05) is 76.8 Å². The van der Waals surface area contributed by atoms with Crippen molar-refractivity contribution >= 4 is 5.57 Å². The topological polar surface area (TPSA) is 0 Å². The van der Waals surface area contributed by atoms with Crippen LogP contribution in [0.3, 0.4) is 0 Å². The Morgan fingerprint density at radius 2 is 1.85 bits per heavy atom. The van der Waals surface area contributed by atoms with Crippen LogP contribution in [0.4, 0.5) is 4.39 Å². The summed E-state index contributed by atoms with van der Waals surface area (Å²) in [5.41, 5.74) is 3.18. The molecule has 1 saturated carbocycles. The molecule has 0 N–H and O–H groups in total. The highest BCUT2D eigenvalue weighted by molar-refractivity contribution is 5.75. The summed E-state index contributed by atoms with van der Waals surface area (Å²) in [5.74, 6) is 1.67. The van der Waals surface area contributed by atoms with Crippen molar-refractivity contribution < 1.29 is 4.39 Å². The SMILES string of the molecule is CCCC1CCC(C2(CC)C=CC(c3ccc(CC)cc3F)=CC2)CC1. The highest BCUT2D eigenvalue weighted by atomic mass is 19.1. The van der Waals surface area contributed by atoms with Crippen molar-refractivity contribution in [1.82, 2.24) is 0 Å². The molecule has 0 heterocycles. The van der Waals surface area contributed by atoms with E-state index in [0.717, 1.165) is 41.4 Å². The van der Waals surface area contributed by atoms with E-state index < -0.39 is 0 Å². The Bertz CT molecular complexity index is 661. The molecule has 0 nitrogen and oxygen atoms in total. The Morgan fingerprint density at radius 3 is 2.38 bits per heavy atom. The van der Waals surface area contributed by atoms with Crippen molar-refractivity contribution in [3.05, 3.63) is 53.4 Å². The largest absolute Gasteiger partial charge is 0.206 e. The summed E-state index contributed by atoms with van der Waals surface area (Å²) in [7, 11) is 0. The van der Waals surface area contributed by atoms with Gasteiger partial charge in [0.15, 0.2) is 0 Å². The highest BCUT2D eigenvalue weighted by Gasteiger charge is 2.37. The maximum absolute atomic E-state index is 14.5. The number of aryl methyl sites for hydroxylation is 1. The van der Waals surface area contributed by atoms with E-state index in [-0.39, 0.29) is 5.82 Å². The van der Waals surface area contributed by atoms with Crippen molar-refractivity contribution in [3.8, 4) is 0 Å². The lowest BCUT2D eigenvalue weighted by atomic mass is 9.62. The third-order valence-corrected chi connectivity index (χ3v) is 7.06. The van der Waals surface area contributed by atoms with Gasteiger partial charge in [0.2, 0.25) is 0 Å². The zero-order valence-corrected chi connectivity index (χ0v) is 16.9. The molecule has 2 aliphatic carbocycles. The molecule has 142 valence electrons. The lowest BCUT2D eigenvalue weighted by molar-refractivity contribution is 0.135. The molecule has 1 atom stereocenters. The van der Waals surface area contributed by atoms with E-state index in [1.54, 1.807) is 6.07 Å². The Hall–Kier alpha value is -1.37. The molecule has 0 saturated heterocycles. The molecule has 0 amide bonds. The molecule has 3 rings (SSSR count). The van der Waals surface area contributed by atoms with E-state index in [1.165, 1.54) is 44.9 Å². The summed E-state index contributed by atoms with van der Waals surface area (Å²) < 4.78 is 14.5. The van der Waals surface area contributed by atoms with Crippen LogP contribution in [0, 0.1) is 23.1 Å². The fourth-order valence-corrected chi connectivity index (χ4v) is 5.19. The molecule has 0 radical (unpaired) electrons. The predicted molar refractivity (Wildman–Crippen MR) is 111 cm³/mol. The Labute approximate surface area is 159 Å². The molecule has 1 aromatic carbocycles. The first kappa shape index (κ1) is 19.4. The minimum atomic E-state index is -0.0793. The molecule has 1 aromatic rings. The van der Waals surface area contributed by atoms with Crippen LogP contribution in [0.25, 0.3) is 5.57 Å². The maximum Gasteiger partial charge on any atom is 0.131 e. The van der Waals surface area contributed by atoms with Crippen molar-refractivity contribution in [2.75, 3.05) is 0 Å². The minimum absolute atomic E-state index is 0.0793. The number of benzene rings is 1. The second-order valence-corrected chi connectivity index (χ2v) is 8.46. The van der Waals surface area contributed by atoms with Crippen LogP contribution >= 0.6 is 0 Å². The summed E-state index contributed by atoms with van der Waals surface area (Å²) in [6.45, 7) is 6.71. The molecular weight excluding hydrogens is 319 g/mol. The second-order valence-electron chi connectivity index (χ2n) is 8.46. The molecule has 0 aliphatic heterocycles.